The second kappa shape index (κ2) is 4.54. The Kier molecular flexibility index (Phi) is 2.99. The number of nitrogens with zero attached hydrogens (tertiary/aromatic N) is 2. The SMILES string of the molecule is Cc1ccccc1NC1(C#N)CC(C)N(C2CC2)C1. The largest absolute Gasteiger partial charge is 0.366 e. The van der Waals surface area contributed by atoms with Gasteiger partial charge in [-0.25, -0.2) is 0 Å². The lowest BCUT2D eigenvalue weighted by atomic mass is 9.97. The Hall–Kier alpha value is -1.53. The second-order valence-electron chi connectivity index (χ2n) is 6.09. The molecule has 0 spiro atoms. The highest BCUT2D eigenvalue weighted by atomic mass is 15.3. The van der Waals surface area contributed by atoms with Crippen molar-refractivity contribution < 1.29 is 0 Å². The van der Waals surface area contributed by atoms with Crippen molar-refractivity contribution >= 4 is 5.69 Å². The standard InChI is InChI=1S/C16H21N3/c1-12-5-3-4-6-15(12)18-16(10-17)9-13(2)19(11-16)14-7-8-14/h3-6,13-14,18H,7-9,11H2,1-2H3. The molecular weight excluding hydrogens is 234 g/mol. The van der Waals surface area contributed by atoms with E-state index in [4.69, 9.17) is 0 Å². The van der Waals surface area contributed by atoms with Gasteiger partial charge in [-0.05, 0) is 38.3 Å². The predicted molar refractivity (Wildman–Crippen MR) is 77.0 cm³/mol. The zero-order chi connectivity index (χ0) is 13.5. The molecule has 0 aromatic heterocycles. The molecule has 3 heteroatoms. The van der Waals surface area contributed by atoms with Crippen molar-refractivity contribution in [2.24, 2.45) is 0 Å². The second-order valence-corrected chi connectivity index (χ2v) is 6.09. The van der Waals surface area contributed by atoms with Crippen LogP contribution in [0.15, 0.2) is 24.3 Å². The van der Waals surface area contributed by atoms with Crippen LogP contribution in [0.4, 0.5) is 5.69 Å². The number of rotatable bonds is 3. The molecule has 0 amide bonds. The van der Waals surface area contributed by atoms with Gasteiger partial charge in [-0.3, -0.25) is 4.90 Å². The van der Waals surface area contributed by atoms with E-state index in [1.807, 2.05) is 12.1 Å². The maximum atomic E-state index is 9.67. The minimum absolute atomic E-state index is 0.423. The van der Waals surface area contributed by atoms with E-state index in [9.17, 15) is 5.26 Å². The molecule has 2 unspecified atom stereocenters. The van der Waals surface area contributed by atoms with Crippen LogP contribution in [0.5, 0.6) is 0 Å². The van der Waals surface area contributed by atoms with Crippen LogP contribution in [0.3, 0.4) is 0 Å². The van der Waals surface area contributed by atoms with Crippen LogP contribution in [0, 0.1) is 18.3 Å². The van der Waals surface area contributed by atoms with E-state index in [1.54, 1.807) is 0 Å². The van der Waals surface area contributed by atoms with Crippen LogP contribution in [0.25, 0.3) is 0 Å². The maximum absolute atomic E-state index is 9.67. The zero-order valence-electron chi connectivity index (χ0n) is 11.7. The van der Waals surface area contributed by atoms with Crippen LogP contribution in [0.1, 0.15) is 31.7 Å². The maximum Gasteiger partial charge on any atom is 0.139 e. The molecule has 1 heterocycles. The van der Waals surface area contributed by atoms with Crippen molar-refractivity contribution in [3.63, 3.8) is 0 Å². The number of hydrogen-bond acceptors (Lipinski definition) is 3. The number of benzene rings is 1. The monoisotopic (exact) mass is 255 g/mol. The number of aryl methyl sites for hydroxylation is 1. The molecule has 1 N–H and O–H groups in total. The average Bonchev–Trinajstić information content (AvgIpc) is 3.18. The van der Waals surface area contributed by atoms with Crippen LogP contribution >= 0.6 is 0 Å². The number of hydrogen-bond donors (Lipinski definition) is 1. The van der Waals surface area contributed by atoms with Gasteiger partial charge in [0.2, 0.25) is 0 Å². The number of nitrogens with one attached hydrogen (secondary N) is 1. The summed E-state index contributed by atoms with van der Waals surface area (Å²) in [6.45, 7) is 5.19. The summed E-state index contributed by atoms with van der Waals surface area (Å²) in [6, 6.07) is 12.0. The fourth-order valence-corrected chi connectivity index (χ4v) is 3.22. The molecule has 1 aliphatic heterocycles. The van der Waals surface area contributed by atoms with Gasteiger partial charge in [0.15, 0.2) is 0 Å². The molecule has 3 nitrogen and oxygen atoms in total. The molecule has 2 fully saturated rings. The van der Waals surface area contributed by atoms with E-state index in [2.05, 4.69) is 42.3 Å². The van der Waals surface area contributed by atoms with Crippen LogP contribution in [-0.2, 0) is 0 Å². The molecule has 19 heavy (non-hydrogen) atoms. The van der Waals surface area contributed by atoms with Crippen molar-refractivity contribution in [3.05, 3.63) is 29.8 Å². The molecule has 1 aliphatic carbocycles. The summed E-state index contributed by atoms with van der Waals surface area (Å²) in [4.78, 5) is 2.51. The molecule has 0 radical (unpaired) electrons. The normalized spacial score (nSPS) is 31.1. The summed E-state index contributed by atoms with van der Waals surface area (Å²) >= 11 is 0. The van der Waals surface area contributed by atoms with Crippen molar-refractivity contribution in [1.29, 1.82) is 5.26 Å². The van der Waals surface area contributed by atoms with Crippen molar-refractivity contribution in [2.75, 3.05) is 11.9 Å². The highest BCUT2D eigenvalue weighted by molar-refractivity contribution is 5.54. The van der Waals surface area contributed by atoms with Gasteiger partial charge in [-0.2, -0.15) is 5.26 Å². The lowest BCUT2D eigenvalue weighted by Gasteiger charge is -2.25. The molecule has 1 aromatic rings. The Morgan fingerprint density at radius 1 is 1.37 bits per heavy atom. The molecule has 100 valence electrons. The van der Waals surface area contributed by atoms with E-state index in [0.29, 0.717) is 6.04 Å². The average molecular weight is 255 g/mol. The number of likely N-dealkylation sites (tertiary alicyclic amines) is 1. The first-order chi connectivity index (χ1) is 9.13. The van der Waals surface area contributed by atoms with Crippen molar-refractivity contribution in [1.82, 2.24) is 4.90 Å². The molecule has 2 aliphatic rings. The molecule has 2 atom stereocenters. The van der Waals surface area contributed by atoms with Crippen LogP contribution in [-0.4, -0.2) is 29.1 Å². The van der Waals surface area contributed by atoms with Gasteiger partial charge in [0, 0.05) is 30.7 Å². The molecule has 3 rings (SSSR count). The van der Waals surface area contributed by atoms with Gasteiger partial charge in [0.05, 0.1) is 6.07 Å². The minimum atomic E-state index is -0.423. The van der Waals surface area contributed by atoms with Gasteiger partial charge in [0.1, 0.15) is 5.54 Å². The van der Waals surface area contributed by atoms with Crippen LogP contribution < -0.4 is 5.32 Å². The van der Waals surface area contributed by atoms with Gasteiger partial charge in [-0.1, -0.05) is 18.2 Å². The summed E-state index contributed by atoms with van der Waals surface area (Å²) in [7, 11) is 0. The topological polar surface area (TPSA) is 39.1 Å². The van der Waals surface area contributed by atoms with E-state index in [1.165, 1.54) is 18.4 Å². The van der Waals surface area contributed by atoms with Gasteiger partial charge >= 0.3 is 0 Å². The van der Waals surface area contributed by atoms with Crippen LogP contribution in [0.2, 0.25) is 0 Å². The van der Waals surface area contributed by atoms with E-state index < -0.39 is 5.54 Å². The number of anilines is 1. The summed E-state index contributed by atoms with van der Waals surface area (Å²) in [5.74, 6) is 0. The Balaban J connectivity index is 1.81. The first-order valence-corrected chi connectivity index (χ1v) is 7.14. The summed E-state index contributed by atoms with van der Waals surface area (Å²) in [5.41, 5.74) is 1.87. The fourth-order valence-electron chi connectivity index (χ4n) is 3.22. The first-order valence-electron chi connectivity index (χ1n) is 7.14. The van der Waals surface area contributed by atoms with Gasteiger partial charge in [0.25, 0.3) is 0 Å². The van der Waals surface area contributed by atoms with E-state index >= 15 is 0 Å². The highest BCUT2D eigenvalue weighted by Crippen LogP contribution is 2.38. The summed E-state index contributed by atoms with van der Waals surface area (Å²) in [5, 5.41) is 13.2. The van der Waals surface area contributed by atoms with Crippen molar-refractivity contribution in [2.45, 2.75) is 50.7 Å². The molecule has 1 saturated heterocycles. The quantitative estimate of drug-likeness (QED) is 0.902. The minimum Gasteiger partial charge on any atom is -0.366 e. The lowest BCUT2D eigenvalue weighted by molar-refractivity contribution is 0.255. The summed E-state index contributed by atoms with van der Waals surface area (Å²) in [6.07, 6.45) is 3.51. The Morgan fingerprint density at radius 3 is 2.74 bits per heavy atom. The zero-order valence-corrected chi connectivity index (χ0v) is 11.7. The molecule has 1 saturated carbocycles. The first kappa shape index (κ1) is 12.5. The third kappa shape index (κ3) is 2.33. The predicted octanol–water partition coefficient (Wildman–Crippen LogP) is 2.93. The number of nitriles is 1. The van der Waals surface area contributed by atoms with Gasteiger partial charge in [-0.15, -0.1) is 0 Å². The molecule has 0 bridgehead atoms. The molecular formula is C16H21N3. The van der Waals surface area contributed by atoms with Crippen molar-refractivity contribution in [3.8, 4) is 6.07 Å². The Labute approximate surface area is 115 Å². The Morgan fingerprint density at radius 2 is 2.11 bits per heavy atom. The third-order valence-electron chi connectivity index (χ3n) is 4.41. The fraction of sp³-hybridized carbons (Fsp3) is 0.562. The smallest absolute Gasteiger partial charge is 0.139 e. The Bertz CT molecular complexity index is 515. The summed E-state index contributed by atoms with van der Waals surface area (Å²) < 4.78 is 0. The third-order valence-corrected chi connectivity index (χ3v) is 4.41. The molecule has 1 aromatic carbocycles. The van der Waals surface area contributed by atoms with Gasteiger partial charge < -0.3 is 5.32 Å². The van der Waals surface area contributed by atoms with E-state index in [-0.39, 0.29) is 0 Å². The highest BCUT2D eigenvalue weighted by Gasteiger charge is 2.47. The lowest BCUT2D eigenvalue weighted by Crippen LogP contribution is -2.40. The van der Waals surface area contributed by atoms with E-state index in [0.717, 1.165) is 24.7 Å². The number of para-hydroxylation sites is 1.